The Morgan fingerprint density at radius 1 is 1.17 bits per heavy atom. The summed E-state index contributed by atoms with van der Waals surface area (Å²) < 4.78 is 5.54. The number of rotatable bonds is 6. The summed E-state index contributed by atoms with van der Waals surface area (Å²) in [5, 5.41) is 5.35. The van der Waals surface area contributed by atoms with Gasteiger partial charge in [0.15, 0.2) is 6.61 Å². The van der Waals surface area contributed by atoms with E-state index in [1.54, 1.807) is 0 Å². The topological polar surface area (TPSA) is 54.9 Å². The number of amides is 1. The molecular formula is C19H31N2O2+. The molecule has 128 valence electrons. The van der Waals surface area contributed by atoms with Crippen LogP contribution < -0.4 is 15.4 Å². The molecule has 1 aromatic carbocycles. The van der Waals surface area contributed by atoms with Crippen LogP contribution in [0.3, 0.4) is 0 Å². The second kappa shape index (κ2) is 8.34. The molecule has 1 aliphatic carbocycles. The van der Waals surface area contributed by atoms with Crippen molar-refractivity contribution < 1.29 is 14.8 Å². The van der Waals surface area contributed by atoms with E-state index in [9.17, 15) is 4.79 Å². The Kier molecular flexibility index (Phi) is 6.46. The standard InChI is InChI=1S/C19H30N2O2/c1-19(2,3)21-18(22)14-23-17-11-9-15(10-12-17)13-20-16-7-5-4-6-8-16/h9-12,16,20H,4-8,13-14H2,1-3H3,(H,21,22)/p+1. The number of carbonyl (C=O) groups is 1. The minimum atomic E-state index is -0.223. The van der Waals surface area contributed by atoms with Gasteiger partial charge in [0.25, 0.3) is 5.91 Å². The van der Waals surface area contributed by atoms with Gasteiger partial charge in [-0.05, 0) is 70.7 Å². The number of ether oxygens (including phenoxy) is 1. The quantitative estimate of drug-likeness (QED) is 0.846. The van der Waals surface area contributed by atoms with E-state index in [4.69, 9.17) is 4.74 Å². The third-order valence-corrected chi connectivity index (χ3v) is 4.14. The van der Waals surface area contributed by atoms with E-state index in [1.165, 1.54) is 37.7 Å². The van der Waals surface area contributed by atoms with Crippen molar-refractivity contribution in [1.82, 2.24) is 5.32 Å². The average Bonchev–Trinajstić information content (AvgIpc) is 2.51. The molecule has 4 heteroatoms. The summed E-state index contributed by atoms with van der Waals surface area (Å²) >= 11 is 0. The highest BCUT2D eigenvalue weighted by atomic mass is 16.5. The van der Waals surface area contributed by atoms with Crippen molar-refractivity contribution in [3.05, 3.63) is 29.8 Å². The zero-order valence-corrected chi connectivity index (χ0v) is 14.7. The molecule has 1 aliphatic rings. The third kappa shape index (κ3) is 7.04. The van der Waals surface area contributed by atoms with Crippen LogP contribution in [-0.2, 0) is 11.3 Å². The molecule has 0 spiro atoms. The largest absolute Gasteiger partial charge is 0.484 e. The van der Waals surface area contributed by atoms with Gasteiger partial charge < -0.3 is 15.4 Å². The van der Waals surface area contributed by atoms with Crippen LogP contribution in [0, 0.1) is 0 Å². The summed E-state index contributed by atoms with van der Waals surface area (Å²) in [4.78, 5) is 11.7. The van der Waals surface area contributed by atoms with Crippen molar-refractivity contribution >= 4 is 5.91 Å². The van der Waals surface area contributed by atoms with Gasteiger partial charge in [-0.3, -0.25) is 4.79 Å². The highest BCUT2D eigenvalue weighted by molar-refractivity contribution is 5.78. The first-order chi connectivity index (χ1) is 10.9. The van der Waals surface area contributed by atoms with Gasteiger partial charge in [-0.2, -0.15) is 0 Å². The molecule has 3 N–H and O–H groups in total. The second-order valence-electron chi connectivity index (χ2n) is 7.57. The van der Waals surface area contributed by atoms with Crippen LogP contribution in [0.25, 0.3) is 0 Å². The molecule has 0 saturated heterocycles. The Labute approximate surface area is 140 Å². The summed E-state index contributed by atoms with van der Waals surface area (Å²) in [6.45, 7) is 6.97. The van der Waals surface area contributed by atoms with Gasteiger partial charge in [-0.15, -0.1) is 0 Å². The molecule has 0 atom stereocenters. The highest BCUT2D eigenvalue weighted by Crippen LogP contribution is 2.15. The Hall–Kier alpha value is -1.55. The number of carbonyl (C=O) groups excluding carboxylic acids is 1. The van der Waals surface area contributed by atoms with Gasteiger partial charge in [0.05, 0.1) is 6.04 Å². The van der Waals surface area contributed by atoms with Crippen LogP contribution >= 0.6 is 0 Å². The predicted octanol–water partition coefficient (Wildman–Crippen LogP) is 2.38. The summed E-state index contributed by atoms with van der Waals surface area (Å²) in [7, 11) is 0. The molecule has 0 aliphatic heterocycles. The summed E-state index contributed by atoms with van der Waals surface area (Å²) in [5.41, 5.74) is 1.08. The molecule has 4 nitrogen and oxygen atoms in total. The van der Waals surface area contributed by atoms with E-state index in [1.807, 2.05) is 32.9 Å². The number of hydrogen-bond donors (Lipinski definition) is 2. The van der Waals surface area contributed by atoms with Crippen molar-refractivity contribution in [2.24, 2.45) is 0 Å². The molecule has 0 heterocycles. The fraction of sp³-hybridized carbons (Fsp3) is 0.632. The molecular weight excluding hydrogens is 288 g/mol. The van der Waals surface area contributed by atoms with E-state index in [0.717, 1.165) is 18.3 Å². The fourth-order valence-electron chi connectivity index (χ4n) is 3.00. The summed E-state index contributed by atoms with van der Waals surface area (Å²) in [5.74, 6) is 0.655. The monoisotopic (exact) mass is 319 g/mol. The molecule has 1 amide bonds. The zero-order chi connectivity index (χ0) is 16.7. The molecule has 1 saturated carbocycles. The summed E-state index contributed by atoms with van der Waals surface area (Å²) in [6.07, 6.45) is 6.86. The van der Waals surface area contributed by atoms with Gasteiger partial charge in [-0.25, -0.2) is 0 Å². The Balaban J connectivity index is 1.72. The molecule has 23 heavy (non-hydrogen) atoms. The van der Waals surface area contributed by atoms with Crippen LogP contribution in [0.15, 0.2) is 24.3 Å². The van der Waals surface area contributed by atoms with Gasteiger partial charge >= 0.3 is 0 Å². The minimum absolute atomic E-state index is 0.0603. The van der Waals surface area contributed by atoms with Gasteiger partial charge in [0, 0.05) is 11.1 Å². The van der Waals surface area contributed by atoms with Crippen LogP contribution in [0.1, 0.15) is 58.4 Å². The van der Waals surface area contributed by atoms with Crippen LogP contribution in [0.5, 0.6) is 5.75 Å². The number of nitrogens with two attached hydrogens (primary N) is 1. The Morgan fingerprint density at radius 3 is 2.43 bits per heavy atom. The average molecular weight is 319 g/mol. The van der Waals surface area contributed by atoms with Crippen LogP contribution in [-0.4, -0.2) is 24.1 Å². The number of hydrogen-bond acceptors (Lipinski definition) is 2. The second-order valence-corrected chi connectivity index (χ2v) is 7.57. The lowest BCUT2D eigenvalue weighted by molar-refractivity contribution is -0.706. The maximum atomic E-state index is 11.7. The van der Waals surface area contributed by atoms with E-state index in [2.05, 4.69) is 22.8 Å². The van der Waals surface area contributed by atoms with E-state index in [0.29, 0.717) is 0 Å². The molecule has 0 bridgehead atoms. The van der Waals surface area contributed by atoms with Crippen LogP contribution in [0.4, 0.5) is 0 Å². The van der Waals surface area contributed by atoms with E-state index < -0.39 is 0 Å². The normalized spacial score (nSPS) is 16.1. The smallest absolute Gasteiger partial charge is 0.258 e. The van der Waals surface area contributed by atoms with Crippen molar-refractivity contribution in [2.75, 3.05) is 6.61 Å². The Bertz CT molecular complexity index is 485. The lowest BCUT2D eigenvalue weighted by atomic mass is 9.95. The number of nitrogens with one attached hydrogen (secondary N) is 1. The van der Waals surface area contributed by atoms with Gasteiger partial charge in [-0.1, -0.05) is 6.42 Å². The molecule has 2 rings (SSSR count). The van der Waals surface area contributed by atoms with Crippen LogP contribution in [0.2, 0.25) is 0 Å². The summed E-state index contributed by atoms with van der Waals surface area (Å²) in [6, 6.07) is 8.89. The zero-order valence-electron chi connectivity index (χ0n) is 14.7. The number of quaternary nitrogens is 1. The first-order valence-electron chi connectivity index (χ1n) is 8.78. The minimum Gasteiger partial charge on any atom is -0.484 e. The highest BCUT2D eigenvalue weighted by Gasteiger charge is 2.16. The first-order valence-corrected chi connectivity index (χ1v) is 8.78. The lowest BCUT2D eigenvalue weighted by Crippen LogP contribution is -2.88. The number of benzene rings is 1. The fourth-order valence-corrected chi connectivity index (χ4v) is 3.00. The molecule has 1 fully saturated rings. The van der Waals surface area contributed by atoms with E-state index >= 15 is 0 Å². The van der Waals surface area contributed by atoms with Crippen molar-refractivity contribution in [3.8, 4) is 5.75 Å². The molecule has 0 radical (unpaired) electrons. The molecule has 1 aromatic rings. The van der Waals surface area contributed by atoms with Gasteiger partial charge in [0.2, 0.25) is 0 Å². The molecule has 0 aromatic heterocycles. The van der Waals surface area contributed by atoms with Gasteiger partial charge in [0.1, 0.15) is 12.3 Å². The third-order valence-electron chi connectivity index (χ3n) is 4.14. The maximum absolute atomic E-state index is 11.7. The Morgan fingerprint density at radius 2 is 1.83 bits per heavy atom. The van der Waals surface area contributed by atoms with Crippen molar-refractivity contribution in [3.63, 3.8) is 0 Å². The SMILES string of the molecule is CC(C)(C)NC(=O)COc1ccc(C[NH2+]C2CCCCC2)cc1. The molecule has 0 unspecified atom stereocenters. The van der Waals surface area contributed by atoms with E-state index in [-0.39, 0.29) is 18.1 Å². The van der Waals surface area contributed by atoms with Crippen molar-refractivity contribution in [2.45, 2.75) is 71.0 Å². The van der Waals surface area contributed by atoms with Crippen molar-refractivity contribution in [1.29, 1.82) is 0 Å². The first kappa shape index (κ1) is 17.8. The lowest BCUT2D eigenvalue weighted by Gasteiger charge is -2.20. The predicted molar refractivity (Wildman–Crippen MR) is 92.3 cm³/mol. The maximum Gasteiger partial charge on any atom is 0.258 e.